The molecule has 0 bridgehead atoms. The monoisotopic (exact) mass is 187 g/mol. The fraction of sp³-hybridized carbons (Fsp3) is 0.500. The molecule has 0 aromatic carbocycles. The second-order valence-corrected chi connectivity index (χ2v) is 2.06. The van der Waals surface area contributed by atoms with Crippen LogP contribution in [-0.2, 0) is 4.79 Å². The van der Waals surface area contributed by atoms with Crippen LogP contribution in [0.15, 0.2) is 12.1 Å². The maximum absolute atomic E-state index is 10.8. The van der Waals surface area contributed by atoms with Gasteiger partial charge >= 0.3 is 6.20 Å². The second kappa shape index (κ2) is 6.87. The average Bonchev–Trinajstić information content (AvgIpc) is 2.12. The molecule has 4 N–H and O–H groups in total. The van der Waals surface area contributed by atoms with Gasteiger partial charge in [0.1, 0.15) is 0 Å². The summed E-state index contributed by atoms with van der Waals surface area (Å²) in [5, 5.41) is 29.7. The van der Waals surface area contributed by atoms with E-state index in [2.05, 4.69) is 15.6 Å². The summed E-state index contributed by atoms with van der Waals surface area (Å²) in [6, 6.07) is 0. The molecule has 7 nitrogen and oxygen atoms in total. The number of hydrogen-bond acceptors (Lipinski definition) is 5. The van der Waals surface area contributed by atoms with Crippen LogP contribution in [0, 0.1) is 5.39 Å². The van der Waals surface area contributed by atoms with E-state index >= 15 is 0 Å². The smallest absolute Gasteiger partial charge is 0.409 e. The predicted octanol–water partition coefficient (Wildman–Crippen LogP) is -1.11. The largest absolute Gasteiger partial charge is 0.490 e. The molecule has 0 spiro atoms. The molecule has 0 radical (unpaired) electrons. The molecule has 0 aromatic rings. The van der Waals surface area contributed by atoms with Crippen molar-refractivity contribution in [1.82, 2.24) is 10.6 Å². The number of carbonyl (C=O) groups is 1. The van der Waals surface area contributed by atoms with Gasteiger partial charge < -0.3 is 20.8 Å². The minimum Gasteiger partial charge on any atom is -0.490 e. The molecule has 0 saturated carbocycles. The first-order valence-electron chi connectivity index (χ1n) is 3.55. The summed E-state index contributed by atoms with van der Waals surface area (Å²) in [6.45, 7) is -0.132. The number of carbonyl (C=O) groups excluding carboxylic acids is 1. The normalized spacial score (nSPS) is 10.3. The van der Waals surface area contributed by atoms with Crippen LogP contribution < -0.4 is 10.6 Å². The summed E-state index contributed by atoms with van der Waals surface area (Å²) in [6.07, 6.45) is 0.749. The Morgan fingerprint density at radius 1 is 1.54 bits per heavy atom. The molecule has 72 valence electrons. The molecule has 0 aliphatic heterocycles. The number of rotatable bonds is 5. The molecule has 0 heterocycles. The van der Waals surface area contributed by atoms with E-state index in [-0.39, 0.29) is 25.6 Å². The Balaban J connectivity index is 3.59. The predicted molar refractivity (Wildman–Crippen MR) is 43.9 cm³/mol. The van der Waals surface area contributed by atoms with Crippen LogP contribution in [0.2, 0.25) is 0 Å². The maximum atomic E-state index is 10.8. The lowest BCUT2D eigenvalue weighted by atomic mass is 10.5. The zero-order valence-corrected chi connectivity index (χ0v) is 6.90. The Kier molecular flexibility index (Phi) is 5.92. The Morgan fingerprint density at radius 2 is 2.23 bits per heavy atom. The number of diazo groups is 1. The van der Waals surface area contributed by atoms with Gasteiger partial charge in [-0.25, -0.2) is 0 Å². The first kappa shape index (κ1) is 11.2. The van der Waals surface area contributed by atoms with Crippen molar-refractivity contribution < 1.29 is 15.0 Å². The third-order valence-electron chi connectivity index (χ3n) is 1.04. The lowest BCUT2D eigenvalue weighted by Gasteiger charge is -2.02. The van der Waals surface area contributed by atoms with Crippen molar-refractivity contribution in [3.05, 3.63) is 17.1 Å². The van der Waals surface area contributed by atoms with Gasteiger partial charge in [-0.2, -0.15) is 0 Å². The third-order valence-corrected chi connectivity index (χ3v) is 1.04. The molecule has 0 fully saturated rings. The Bertz CT molecular complexity index is 233. The summed E-state index contributed by atoms with van der Waals surface area (Å²) in [4.78, 5) is 13.3. The topological polar surface area (TPSA) is 110 Å². The molecule has 13 heavy (non-hydrogen) atoms. The van der Waals surface area contributed by atoms with Crippen molar-refractivity contribution in [2.45, 2.75) is 0 Å². The Morgan fingerprint density at radius 3 is 2.77 bits per heavy atom. The van der Waals surface area contributed by atoms with Crippen molar-refractivity contribution in [2.75, 3.05) is 19.7 Å². The van der Waals surface area contributed by atoms with Gasteiger partial charge in [0, 0.05) is 6.54 Å². The van der Waals surface area contributed by atoms with Gasteiger partial charge in [0.2, 0.25) is 11.3 Å². The lowest BCUT2D eigenvalue weighted by molar-refractivity contribution is -0.120. The molecule has 0 atom stereocenters. The van der Waals surface area contributed by atoms with E-state index in [9.17, 15) is 4.79 Å². The number of amides is 1. The number of nitrogens with zero attached hydrogens (tertiary/aromatic N) is 2. The van der Waals surface area contributed by atoms with Gasteiger partial charge in [0.15, 0.2) is 4.98 Å². The van der Waals surface area contributed by atoms with Crippen LogP contribution in [0.4, 0.5) is 0 Å². The zero-order chi connectivity index (χ0) is 10.1. The van der Waals surface area contributed by atoms with Gasteiger partial charge in [-0.3, -0.25) is 4.79 Å². The summed E-state index contributed by atoms with van der Waals surface area (Å²) >= 11 is 0. The van der Waals surface area contributed by atoms with Crippen molar-refractivity contribution in [2.24, 2.45) is 0 Å². The molecule has 0 unspecified atom stereocenters. The second-order valence-electron chi connectivity index (χ2n) is 2.06. The summed E-state index contributed by atoms with van der Waals surface area (Å²) in [5.74, 6) is -0.798. The van der Waals surface area contributed by atoms with Crippen LogP contribution in [0.25, 0.3) is 4.98 Å². The first-order chi connectivity index (χ1) is 6.20. The highest BCUT2D eigenvalue weighted by molar-refractivity contribution is 5.78. The van der Waals surface area contributed by atoms with E-state index < -0.39 is 5.88 Å². The molecule has 7 heteroatoms. The summed E-state index contributed by atoms with van der Waals surface area (Å²) in [7, 11) is 0. The van der Waals surface area contributed by atoms with E-state index in [1.54, 1.807) is 0 Å². The summed E-state index contributed by atoms with van der Waals surface area (Å²) < 4.78 is 0. The lowest BCUT2D eigenvalue weighted by Crippen LogP contribution is -2.34. The SMILES string of the molecule is N#[N+]/C=C(/O)NCC(=O)NCCO. The number of aliphatic hydroxyl groups excluding tert-OH is 2. The molecule has 0 aliphatic carbocycles. The minimum atomic E-state index is -0.415. The van der Waals surface area contributed by atoms with Gasteiger partial charge in [-0.1, -0.05) is 0 Å². The van der Waals surface area contributed by atoms with Crippen molar-refractivity contribution in [3.63, 3.8) is 0 Å². The van der Waals surface area contributed by atoms with E-state index in [0.717, 1.165) is 6.20 Å². The fourth-order valence-corrected chi connectivity index (χ4v) is 0.529. The number of hydrogen-bond donors (Lipinski definition) is 4. The fourth-order valence-electron chi connectivity index (χ4n) is 0.529. The van der Waals surface area contributed by atoms with Crippen LogP contribution >= 0.6 is 0 Å². The summed E-state index contributed by atoms with van der Waals surface area (Å²) in [5.41, 5.74) is 0. The molecular weight excluding hydrogens is 176 g/mol. The van der Waals surface area contributed by atoms with Crippen LogP contribution in [0.3, 0.4) is 0 Å². The van der Waals surface area contributed by atoms with E-state index in [1.165, 1.54) is 0 Å². The molecular formula is C6H11N4O3+. The Hall–Kier alpha value is -1.81. The average molecular weight is 187 g/mol. The van der Waals surface area contributed by atoms with Gasteiger partial charge in [-0.05, 0) is 0 Å². The molecule has 0 saturated heterocycles. The van der Waals surface area contributed by atoms with Crippen LogP contribution in [0.1, 0.15) is 0 Å². The van der Waals surface area contributed by atoms with Gasteiger partial charge in [0.05, 0.1) is 13.2 Å². The quantitative estimate of drug-likeness (QED) is 0.322. The maximum Gasteiger partial charge on any atom is 0.409 e. The van der Waals surface area contributed by atoms with Crippen molar-refractivity contribution >= 4 is 5.91 Å². The highest BCUT2D eigenvalue weighted by atomic mass is 16.3. The van der Waals surface area contributed by atoms with Crippen LogP contribution in [-0.4, -0.2) is 35.8 Å². The van der Waals surface area contributed by atoms with Gasteiger partial charge in [-0.15, -0.1) is 0 Å². The van der Waals surface area contributed by atoms with Crippen molar-refractivity contribution in [1.29, 1.82) is 5.39 Å². The van der Waals surface area contributed by atoms with Gasteiger partial charge in [0.25, 0.3) is 5.88 Å². The van der Waals surface area contributed by atoms with Crippen LogP contribution in [0.5, 0.6) is 0 Å². The van der Waals surface area contributed by atoms with E-state index in [4.69, 9.17) is 15.6 Å². The molecule has 0 aromatic heterocycles. The zero-order valence-electron chi connectivity index (χ0n) is 6.90. The first-order valence-corrected chi connectivity index (χ1v) is 3.55. The highest BCUT2D eigenvalue weighted by Gasteiger charge is 2.02. The third kappa shape index (κ3) is 6.58. The van der Waals surface area contributed by atoms with E-state index in [1.807, 2.05) is 0 Å². The Labute approximate surface area is 74.7 Å². The molecule has 1 amide bonds. The molecule has 0 rings (SSSR count). The minimum absolute atomic E-state index is 0.139. The van der Waals surface area contributed by atoms with E-state index in [0.29, 0.717) is 0 Å². The molecule has 0 aliphatic rings. The number of aliphatic hydroxyl groups is 2. The van der Waals surface area contributed by atoms with Crippen molar-refractivity contribution in [3.8, 4) is 0 Å². The highest BCUT2D eigenvalue weighted by Crippen LogP contribution is 1.80. The number of nitrogens with one attached hydrogen (secondary N) is 2. The standard InChI is InChI=1S/C6H10N4O3/c7-10-4-6(13)9-3-5(12)8-1-2-11/h4,9,11H,1-3H2,(H-,8,12,13)/p+1/b6-4+.